The smallest absolute Gasteiger partial charge is 0.257 e. The van der Waals surface area contributed by atoms with Crippen LogP contribution in [0.25, 0.3) is 0 Å². The zero-order chi connectivity index (χ0) is 13.1. The summed E-state index contributed by atoms with van der Waals surface area (Å²) in [5, 5.41) is 3.32. The molecule has 0 saturated carbocycles. The SMILES string of the molecule is O=C(c1cccnc1N1CCNCC1)N1CCCC1. The minimum Gasteiger partial charge on any atom is -0.353 e. The number of anilines is 1. The Hall–Kier alpha value is -1.62. The molecule has 0 aliphatic carbocycles. The lowest BCUT2D eigenvalue weighted by Gasteiger charge is -2.30. The molecule has 0 bridgehead atoms. The Kier molecular flexibility index (Phi) is 3.64. The highest BCUT2D eigenvalue weighted by atomic mass is 16.2. The number of piperazine rings is 1. The molecule has 5 heteroatoms. The van der Waals surface area contributed by atoms with Gasteiger partial charge in [0.05, 0.1) is 5.56 Å². The van der Waals surface area contributed by atoms with Crippen molar-refractivity contribution in [3.8, 4) is 0 Å². The summed E-state index contributed by atoms with van der Waals surface area (Å²) in [4.78, 5) is 21.2. The number of likely N-dealkylation sites (tertiary alicyclic amines) is 1. The van der Waals surface area contributed by atoms with E-state index in [1.165, 1.54) is 0 Å². The van der Waals surface area contributed by atoms with E-state index in [1.54, 1.807) is 6.20 Å². The Labute approximate surface area is 113 Å². The summed E-state index contributed by atoms with van der Waals surface area (Å²) in [5.74, 6) is 0.986. The third-order valence-electron chi connectivity index (χ3n) is 3.83. The first-order valence-electron chi connectivity index (χ1n) is 7.06. The predicted octanol–water partition coefficient (Wildman–Crippen LogP) is 0.727. The van der Waals surface area contributed by atoms with Crippen molar-refractivity contribution in [2.24, 2.45) is 0 Å². The number of hydrogen-bond acceptors (Lipinski definition) is 4. The number of rotatable bonds is 2. The molecular formula is C14H20N4O. The van der Waals surface area contributed by atoms with Gasteiger partial charge in [0.15, 0.2) is 0 Å². The van der Waals surface area contributed by atoms with E-state index in [4.69, 9.17) is 0 Å². The van der Waals surface area contributed by atoms with Gasteiger partial charge in [-0.15, -0.1) is 0 Å². The van der Waals surface area contributed by atoms with E-state index in [9.17, 15) is 4.79 Å². The van der Waals surface area contributed by atoms with Crippen LogP contribution in [0.1, 0.15) is 23.2 Å². The molecule has 102 valence electrons. The first-order chi connectivity index (χ1) is 9.36. The van der Waals surface area contributed by atoms with Crippen LogP contribution < -0.4 is 10.2 Å². The third-order valence-corrected chi connectivity index (χ3v) is 3.83. The number of hydrogen-bond donors (Lipinski definition) is 1. The van der Waals surface area contributed by atoms with Crippen molar-refractivity contribution in [1.29, 1.82) is 0 Å². The van der Waals surface area contributed by atoms with Crippen LogP contribution >= 0.6 is 0 Å². The van der Waals surface area contributed by atoms with E-state index in [0.717, 1.165) is 63.5 Å². The van der Waals surface area contributed by atoms with Crippen molar-refractivity contribution in [3.63, 3.8) is 0 Å². The van der Waals surface area contributed by atoms with Crippen molar-refractivity contribution < 1.29 is 4.79 Å². The highest BCUT2D eigenvalue weighted by Crippen LogP contribution is 2.21. The number of nitrogens with one attached hydrogen (secondary N) is 1. The average molecular weight is 260 g/mol. The lowest BCUT2D eigenvalue weighted by atomic mass is 10.2. The van der Waals surface area contributed by atoms with Gasteiger partial charge in [0, 0.05) is 45.5 Å². The Morgan fingerprint density at radius 1 is 1.16 bits per heavy atom. The molecule has 0 spiro atoms. The summed E-state index contributed by atoms with van der Waals surface area (Å²) in [5.41, 5.74) is 0.756. The second-order valence-corrected chi connectivity index (χ2v) is 5.11. The lowest BCUT2D eigenvalue weighted by Crippen LogP contribution is -2.44. The van der Waals surface area contributed by atoms with Crippen molar-refractivity contribution in [3.05, 3.63) is 23.9 Å². The molecule has 2 aliphatic rings. The largest absolute Gasteiger partial charge is 0.353 e. The standard InChI is InChI=1S/C14H20N4O/c19-14(18-8-1-2-9-18)12-4-3-5-16-13(12)17-10-6-15-7-11-17/h3-5,15H,1-2,6-11H2. The molecule has 5 nitrogen and oxygen atoms in total. The molecule has 1 aromatic rings. The van der Waals surface area contributed by atoms with Crippen LogP contribution in [0.2, 0.25) is 0 Å². The number of nitrogens with zero attached hydrogens (tertiary/aromatic N) is 3. The van der Waals surface area contributed by atoms with E-state index in [-0.39, 0.29) is 5.91 Å². The second kappa shape index (κ2) is 5.57. The molecule has 19 heavy (non-hydrogen) atoms. The van der Waals surface area contributed by atoms with Crippen LogP contribution in [0.15, 0.2) is 18.3 Å². The van der Waals surface area contributed by atoms with E-state index in [2.05, 4.69) is 15.2 Å². The maximum absolute atomic E-state index is 12.6. The van der Waals surface area contributed by atoms with Crippen LogP contribution in [-0.2, 0) is 0 Å². The van der Waals surface area contributed by atoms with E-state index in [1.807, 2.05) is 17.0 Å². The number of amides is 1. The summed E-state index contributed by atoms with van der Waals surface area (Å²) in [6, 6.07) is 3.76. The quantitative estimate of drug-likeness (QED) is 0.851. The Morgan fingerprint density at radius 2 is 1.89 bits per heavy atom. The summed E-state index contributed by atoms with van der Waals surface area (Å²) >= 11 is 0. The first kappa shape index (κ1) is 12.4. The highest BCUT2D eigenvalue weighted by Gasteiger charge is 2.24. The fourth-order valence-corrected chi connectivity index (χ4v) is 2.78. The summed E-state index contributed by atoms with van der Waals surface area (Å²) in [6.07, 6.45) is 4.02. The number of pyridine rings is 1. The average Bonchev–Trinajstić information content (AvgIpc) is 3.02. The zero-order valence-corrected chi connectivity index (χ0v) is 11.1. The summed E-state index contributed by atoms with van der Waals surface area (Å²) in [7, 11) is 0. The van der Waals surface area contributed by atoms with Crippen LogP contribution in [0.5, 0.6) is 0 Å². The van der Waals surface area contributed by atoms with Gasteiger partial charge in [-0.25, -0.2) is 4.98 Å². The maximum Gasteiger partial charge on any atom is 0.257 e. The van der Waals surface area contributed by atoms with Gasteiger partial charge in [0.25, 0.3) is 5.91 Å². The van der Waals surface area contributed by atoms with E-state index in [0.29, 0.717) is 0 Å². The molecule has 2 aliphatic heterocycles. The minimum absolute atomic E-state index is 0.138. The lowest BCUT2D eigenvalue weighted by molar-refractivity contribution is 0.0793. The van der Waals surface area contributed by atoms with E-state index < -0.39 is 0 Å². The molecule has 2 saturated heterocycles. The van der Waals surface area contributed by atoms with Gasteiger partial charge in [-0.3, -0.25) is 4.79 Å². The number of carbonyl (C=O) groups is 1. The second-order valence-electron chi connectivity index (χ2n) is 5.11. The summed E-state index contributed by atoms with van der Waals surface area (Å²) in [6.45, 7) is 5.50. The normalized spacial score (nSPS) is 19.8. The molecule has 1 aromatic heterocycles. The monoisotopic (exact) mass is 260 g/mol. The third kappa shape index (κ3) is 2.56. The molecule has 0 unspecified atom stereocenters. The molecule has 1 N–H and O–H groups in total. The van der Waals surface area contributed by atoms with Gasteiger partial charge in [-0.05, 0) is 25.0 Å². The fraction of sp³-hybridized carbons (Fsp3) is 0.571. The van der Waals surface area contributed by atoms with Crippen LogP contribution in [0, 0.1) is 0 Å². The van der Waals surface area contributed by atoms with E-state index >= 15 is 0 Å². The van der Waals surface area contributed by atoms with Crippen LogP contribution in [0.4, 0.5) is 5.82 Å². The van der Waals surface area contributed by atoms with Crippen molar-refractivity contribution >= 4 is 11.7 Å². The molecule has 1 amide bonds. The van der Waals surface area contributed by atoms with Crippen molar-refractivity contribution in [1.82, 2.24) is 15.2 Å². The topological polar surface area (TPSA) is 48.5 Å². The van der Waals surface area contributed by atoms with Crippen LogP contribution in [0.3, 0.4) is 0 Å². The first-order valence-corrected chi connectivity index (χ1v) is 7.06. The van der Waals surface area contributed by atoms with Gasteiger partial charge < -0.3 is 15.1 Å². The Morgan fingerprint density at radius 3 is 2.63 bits per heavy atom. The molecule has 0 radical (unpaired) electrons. The van der Waals surface area contributed by atoms with Crippen molar-refractivity contribution in [2.45, 2.75) is 12.8 Å². The Bertz CT molecular complexity index is 451. The molecule has 2 fully saturated rings. The van der Waals surface area contributed by atoms with Gasteiger partial charge in [0.1, 0.15) is 5.82 Å². The van der Waals surface area contributed by atoms with Crippen molar-refractivity contribution in [2.75, 3.05) is 44.2 Å². The molecule has 0 aromatic carbocycles. The Balaban J connectivity index is 1.85. The molecule has 0 atom stereocenters. The summed E-state index contributed by atoms with van der Waals surface area (Å²) < 4.78 is 0. The van der Waals surface area contributed by atoms with Crippen LogP contribution in [-0.4, -0.2) is 55.1 Å². The van der Waals surface area contributed by atoms with Gasteiger partial charge in [-0.1, -0.05) is 0 Å². The van der Waals surface area contributed by atoms with Gasteiger partial charge >= 0.3 is 0 Å². The fourth-order valence-electron chi connectivity index (χ4n) is 2.78. The molecular weight excluding hydrogens is 240 g/mol. The van der Waals surface area contributed by atoms with Gasteiger partial charge in [0.2, 0.25) is 0 Å². The molecule has 3 rings (SSSR count). The number of aromatic nitrogens is 1. The minimum atomic E-state index is 0.138. The number of carbonyl (C=O) groups excluding carboxylic acids is 1. The highest BCUT2D eigenvalue weighted by molar-refractivity contribution is 5.99. The zero-order valence-electron chi connectivity index (χ0n) is 11.1. The maximum atomic E-state index is 12.6. The predicted molar refractivity (Wildman–Crippen MR) is 74.5 cm³/mol. The van der Waals surface area contributed by atoms with Gasteiger partial charge in [-0.2, -0.15) is 0 Å². The molecule has 3 heterocycles.